The molecule has 0 saturated heterocycles. The number of carbonyl (C=O) groups is 1. The number of furan rings is 1. The van der Waals surface area contributed by atoms with Crippen LogP contribution < -0.4 is 5.43 Å². The lowest BCUT2D eigenvalue weighted by atomic mass is 10.0. The standard InChI is InChI=1S/C17H20N2O2/c1-12(2)11-15(14-7-5-4-6-8-14)18-19-17(20)16-10-9-13(3)21-16/h4-10,12H,11H2,1-3H3,(H,19,20). The van der Waals surface area contributed by atoms with Crippen LogP contribution in [-0.4, -0.2) is 11.6 Å². The van der Waals surface area contributed by atoms with Crippen LogP contribution in [0.3, 0.4) is 0 Å². The van der Waals surface area contributed by atoms with Gasteiger partial charge in [-0.05, 0) is 37.0 Å². The van der Waals surface area contributed by atoms with Crippen molar-refractivity contribution in [3.05, 3.63) is 59.5 Å². The molecular formula is C17H20N2O2. The summed E-state index contributed by atoms with van der Waals surface area (Å²) >= 11 is 0. The number of nitrogens with zero attached hydrogens (tertiary/aromatic N) is 1. The number of aryl methyl sites for hydroxylation is 1. The molecule has 0 unspecified atom stereocenters. The smallest absolute Gasteiger partial charge is 0.307 e. The average molecular weight is 284 g/mol. The molecule has 1 aromatic carbocycles. The summed E-state index contributed by atoms with van der Waals surface area (Å²) in [6.07, 6.45) is 0.793. The van der Waals surface area contributed by atoms with Crippen molar-refractivity contribution in [3.8, 4) is 0 Å². The molecule has 0 fully saturated rings. The molecule has 0 saturated carbocycles. The Morgan fingerprint density at radius 3 is 2.48 bits per heavy atom. The van der Waals surface area contributed by atoms with E-state index < -0.39 is 0 Å². The van der Waals surface area contributed by atoms with Crippen molar-refractivity contribution in [1.82, 2.24) is 5.43 Å². The molecule has 4 heteroatoms. The molecule has 4 nitrogen and oxygen atoms in total. The van der Waals surface area contributed by atoms with E-state index in [9.17, 15) is 4.79 Å². The van der Waals surface area contributed by atoms with Gasteiger partial charge in [0.1, 0.15) is 5.76 Å². The number of carbonyl (C=O) groups excluding carboxylic acids is 1. The summed E-state index contributed by atoms with van der Waals surface area (Å²) in [6, 6.07) is 13.3. The number of rotatable bonds is 5. The molecule has 21 heavy (non-hydrogen) atoms. The first-order valence-electron chi connectivity index (χ1n) is 7.05. The highest BCUT2D eigenvalue weighted by Crippen LogP contribution is 2.11. The van der Waals surface area contributed by atoms with E-state index in [4.69, 9.17) is 4.42 Å². The molecule has 1 aromatic heterocycles. The van der Waals surface area contributed by atoms with Crippen molar-refractivity contribution >= 4 is 11.6 Å². The van der Waals surface area contributed by atoms with E-state index in [1.54, 1.807) is 19.1 Å². The van der Waals surface area contributed by atoms with E-state index in [1.165, 1.54) is 0 Å². The minimum atomic E-state index is -0.333. The molecule has 2 aromatic rings. The molecule has 0 atom stereocenters. The minimum Gasteiger partial charge on any atom is -0.456 e. The van der Waals surface area contributed by atoms with Gasteiger partial charge in [0.2, 0.25) is 0 Å². The molecule has 1 N–H and O–H groups in total. The van der Waals surface area contributed by atoms with Crippen molar-refractivity contribution < 1.29 is 9.21 Å². The summed E-state index contributed by atoms with van der Waals surface area (Å²) < 4.78 is 5.28. The second-order valence-electron chi connectivity index (χ2n) is 5.37. The third kappa shape index (κ3) is 4.31. The van der Waals surface area contributed by atoms with Gasteiger partial charge < -0.3 is 4.42 Å². The highest BCUT2D eigenvalue weighted by molar-refractivity contribution is 6.02. The topological polar surface area (TPSA) is 54.6 Å². The zero-order valence-electron chi connectivity index (χ0n) is 12.6. The van der Waals surface area contributed by atoms with Gasteiger partial charge in [0, 0.05) is 0 Å². The predicted molar refractivity (Wildman–Crippen MR) is 83.3 cm³/mol. The minimum absolute atomic E-state index is 0.271. The van der Waals surface area contributed by atoms with Crippen molar-refractivity contribution in [1.29, 1.82) is 0 Å². The predicted octanol–water partition coefficient (Wildman–Crippen LogP) is 3.77. The fourth-order valence-electron chi connectivity index (χ4n) is 1.98. The zero-order valence-corrected chi connectivity index (χ0v) is 12.6. The second kappa shape index (κ2) is 6.88. The Kier molecular flexibility index (Phi) is 4.93. The summed E-state index contributed by atoms with van der Waals surface area (Å²) in [4.78, 5) is 12.0. The Bertz CT molecular complexity index is 627. The van der Waals surface area contributed by atoms with Crippen LogP contribution in [0.4, 0.5) is 0 Å². The number of hydrogen-bond acceptors (Lipinski definition) is 3. The van der Waals surface area contributed by atoms with Crippen LogP contribution in [0.2, 0.25) is 0 Å². The Labute approximate surface area is 124 Å². The van der Waals surface area contributed by atoms with E-state index in [0.717, 1.165) is 17.7 Å². The van der Waals surface area contributed by atoms with Crippen molar-refractivity contribution in [3.63, 3.8) is 0 Å². The number of amides is 1. The number of hydrazone groups is 1. The lowest BCUT2D eigenvalue weighted by Gasteiger charge is -2.09. The van der Waals surface area contributed by atoms with Crippen molar-refractivity contribution in [2.45, 2.75) is 27.2 Å². The van der Waals surface area contributed by atoms with Gasteiger partial charge in [-0.2, -0.15) is 5.10 Å². The first-order chi connectivity index (χ1) is 10.1. The lowest BCUT2D eigenvalue weighted by Crippen LogP contribution is -2.20. The van der Waals surface area contributed by atoms with Crippen molar-refractivity contribution in [2.24, 2.45) is 11.0 Å². The second-order valence-corrected chi connectivity index (χ2v) is 5.37. The Morgan fingerprint density at radius 2 is 1.90 bits per heavy atom. The van der Waals surface area contributed by atoms with E-state index in [0.29, 0.717) is 11.7 Å². The Balaban J connectivity index is 2.15. The van der Waals surface area contributed by atoms with Gasteiger partial charge in [0.25, 0.3) is 0 Å². The molecule has 110 valence electrons. The summed E-state index contributed by atoms with van der Waals surface area (Å²) in [5, 5.41) is 4.28. The maximum atomic E-state index is 12.0. The molecule has 0 spiro atoms. The number of hydrogen-bond donors (Lipinski definition) is 1. The van der Waals surface area contributed by atoms with Gasteiger partial charge in [-0.1, -0.05) is 44.2 Å². The van der Waals surface area contributed by atoms with E-state index in [1.807, 2.05) is 30.3 Å². The molecule has 0 aliphatic carbocycles. The van der Waals surface area contributed by atoms with Crippen LogP contribution in [0.5, 0.6) is 0 Å². The Morgan fingerprint density at radius 1 is 1.19 bits per heavy atom. The maximum Gasteiger partial charge on any atom is 0.307 e. The first kappa shape index (κ1) is 15.0. The fourth-order valence-corrected chi connectivity index (χ4v) is 1.98. The van der Waals surface area contributed by atoms with Gasteiger partial charge in [-0.25, -0.2) is 5.43 Å². The normalized spacial score (nSPS) is 11.7. The van der Waals surface area contributed by atoms with Crippen LogP contribution in [0, 0.1) is 12.8 Å². The van der Waals surface area contributed by atoms with Crippen molar-refractivity contribution in [2.75, 3.05) is 0 Å². The van der Waals surface area contributed by atoms with Crippen LogP contribution >= 0.6 is 0 Å². The van der Waals surface area contributed by atoms with Crippen LogP contribution in [0.1, 0.15) is 42.1 Å². The fraction of sp³-hybridized carbons (Fsp3) is 0.294. The average Bonchev–Trinajstić information content (AvgIpc) is 2.90. The monoisotopic (exact) mass is 284 g/mol. The molecule has 0 radical (unpaired) electrons. The lowest BCUT2D eigenvalue weighted by molar-refractivity contribution is 0.0926. The molecule has 0 aliphatic heterocycles. The molecule has 2 rings (SSSR count). The summed E-state index contributed by atoms with van der Waals surface area (Å²) in [5.74, 6) is 1.09. The molecular weight excluding hydrogens is 264 g/mol. The molecule has 1 amide bonds. The quantitative estimate of drug-likeness (QED) is 0.671. The van der Waals surface area contributed by atoms with Crippen LogP contribution in [-0.2, 0) is 0 Å². The van der Waals surface area contributed by atoms with Gasteiger partial charge in [-0.3, -0.25) is 4.79 Å². The van der Waals surface area contributed by atoms with E-state index in [-0.39, 0.29) is 11.7 Å². The maximum absolute atomic E-state index is 12.0. The zero-order chi connectivity index (χ0) is 15.2. The molecule has 1 heterocycles. The summed E-state index contributed by atoms with van der Waals surface area (Å²) in [6.45, 7) is 6.04. The van der Waals surface area contributed by atoms with Gasteiger partial charge in [0.05, 0.1) is 5.71 Å². The number of benzene rings is 1. The van der Waals surface area contributed by atoms with Gasteiger partial charge >= 0.3 is 5.91 Å². The third-order valence-corrected chi connectivity index (χ3v) is 2.97. The molecule has 0 bridgehead atoms. The van der Waals surface area contributed by atoms with Crippen LogP contribution in [0.25, 0.3) is 0 Å². The first-order valence-corrected chi connectivity index (χ1v) is 7.05. The summed E-state index contributed by atoms with van der Waals surface area (Å²) in [5.41, 5.74) is 4.45. The van der Waals surface area contributed by atoms with Gasteiger partial charge in [0.15, 0.2) is 5.76 Å². The highest BCUT2D eigenvalue weighted by Gasteiger charge is 2.11. The SMILES string of the molecule is Cc1ccc(C(=O)NN=C(CC(C)C)c2ccccc2)o1. The Hall–Kier alpha value is -2.36. The van der Waals surface area contributed by atoms with E-state index in [2.05, 4.69) is 24.4 Å². The number of nitrogens with one attached hydrogen (secondary N) is 1. The molecule has 0 aliphatic rings. The highest BCUT2D eigenvalue weighted by atomic mass is 16.3. The third-order valence-electron chi connectivity index (χ3n) is 2.97. The van der Waals surface area contributed by atoms with Crippen LogP contribution in [0.15, 0.2) is 52.0 Å². The van der Waals surface area contributed by atoms with E-state index >= 15 is 0 Å². The largest absolute Gasteiger partial charge is 0.456 e. The van der Waals surface area contributed by atoms with Gasteiger partial charge in [-0.15, -0.1) is 0 Å². The summed E-state index contributed by atoms with van der Waals surface area (Å²) in [7, 11) is 0.